The quantitative estimate of drug-likeness (QED) is 0.502. The Labute approximate surface area is 96.0 Å². The van der Waals surface area contributed by atoms with Crippen LogP contribution < -0.4 is 5.73 Å². The number of carbonyl (C=O) groups is 1. The number of rotatable bonds is 4. The first kappa shape index (κ1) is 12.8. The molecule has 0 aromatic heterocycles. The largest absolute Gasteiger partial charge is 0.461 e. The number of thioether (sulfide) groups is 1. The molecular weight excluding hydrogens is 236 g/mol. The van der Waals surface area contributed by atoms with E-state index >= 15 is 0 Å². The minimum Gasteiger partial charge on any atom is -0.461 e. The molecule has 3 nitrogen and oxygen atoms in total. The fourth-order valence-corrected chi connectivity index (χ4v) is 1.26. The minimum absolute atomic E-state index is 0.158. The molecule has 0 aliphatic heterocycles. The third-order valence-electron chi connectivity index (χ3n) is 1.83. The summed E-state index contributed by atoms with van der Waals surface area (Å²) in [6, 6.07) is 1.51. The number of hydrogen-bond donors (Lipinski definition) is 1. The zero-order valence-electron chi connectivity index (χ0n) is 8.63. The lowest BCUT2D eigenvalue weighted by Crippen LogP contribution is -2.11. The third-order valence-corrected chi connectivity index (χ3v) is 2.40. The summed E-state index contributed by atoms with van der Waals surface area (Å²) in [5.74, 6) is -2.00. The van der Waals surface area contributed by atoms with Gasteiger partial charge in [0.2, 0.25) is 0 Å². The molecule has 6 heteroatoms. The van der Waals surface area contributed by atoms with Crippen LogP contribution in [0.5, 0.6) is 0 Å². The number of carbonyl (C=O) groups excluding carboxylic acids is 1. The van der Waals surface area contributed by atoms with Crippen molar-refractivity contribution in [2.24, 2.45) is 0 Å². The van der Waals surface area contributed by atoms with E-state index in [1.54, 1.807) is 0 Å². The van der Waals surface area contributed by atoms with Crippen molar-refractivity contribution < 1.29 is 18.3 Å². The van der Waals surface area contributed by atoms with Crippen molar-refractivity contribution >= 4 is 23.4 Å². The molecule has 1 rings (SSSR count). The van der Waals surface area contributed by atoms with Crippen molar-refractivity contribution in [1.29, 1.82) is 0 Å². The molecule has 1 aromatic carbocycles. The second-order valence-electron chi connectivity index (χ2n) is 2.98. The Morgan fingerprint density at radius 3 is 2.75 bits per heavy atom. The first-order valence-corrected chi connectivity index (χ1v) is 5.86. The number of halogens is 2. The molecule has 0 saturated carbocycles. The molecule has 0 spiro atoms. The van der Waals surface area contributed by atoms with Gasteiger partial charge in [0.15, 0.2) is 0 Å². The van der Waals surface area contributed by atoms with Crippen molar-refractivity contribution in [1.82, 2.24) is 0 Å². The summed E-state index contributed by atoms with van der Waals surface area (Å²) < 4.78 is 31.0. The van der Waals surface area contributed by atoms with Crippen LogP contribution in [0.1, 0.15) is 10.4 Å². The Morgan fingerprint density at radius 2 is 2.12 bits per heavy atom. The van der Waals surface area contributed by atoms with Gasteiger partial charge in [-0.1, -0.05) is 0 Å². The van der Waals surface area contributed by atoms with E-state index in [1.165, 1.54) is 11.8 Å². The summed E-state index contributed by atoms with van der Waals surface area (Å²) in [5, 5.41) is 0. The molecule has 0 heterocycles. The van der Waals surface area contributed by atoms with Gasteiger partial charge in [-0.25, -0.2) is 13.6 Å². The lowest BCUT2D eigenvalue weighted by Gasteiger charge is -2.06. The highest BCUT2D eigenvalue weighted by Gasteiger charge is 2.16. The van der Waals surface area contributed by atoms with Crippen LogP contribution in [0.4, 0.5) is 14.5 Å². The lowest BCUT2D eigenvalue weighted by molar-refractivity contribution is 0.0524. The van der Waals surface area contributed by atoms with Gasteiger partial charge in [-0.2, -0.15) is 11.8 Å². The summed E-state index contributed by atoms with van der Waals surface area (Å²) in [4.78, 5) is 11.3. The molecule has 0 radical (unpaired) electrons. The Kier molecular flexibility index (Phi) is 4.54. The zero-order valence-corrected chi connectivity index (χ0v) is 9.44. The predicted molar refractivity (Wildman–Crippen MR) is 59.4 cm³/mol. The first-order chi connectivity index (χ1) is 7.56. The Hall–Kier alpha value is -1.30. The Bertz CT molecular complexity index is 399. The van der Waals surface area contributed by atoms with Gasteiger partial charge >= 0.3 is 5.97 Å². The van der Waals surface area contributed by atoms with Crippen LogP contribution >= 0.6 is 11.8 Å². The topological polar surface area (TPSA) is 52.3 Å². The van der Waals surface area contributed by atoms with Crippen LogP contribution in [0.3, 0.4) is 0 Å². The van der Waals surface area contributed by atoms with Crippen LogP contribution in [0, 0.1) is 11.6 Å². The molecule has 0 unspecified atom stereocenters. The predicted octanol–water partition coefficient (Wildman–Crippen LogP) is 2.07. The Morgan fingerprint density at radius 1 is 1.44 bits per heavy atom. The molecule has 0 fully saturated rings. The highest BCUT2D eigenvalue weighted by Crippen LogP contribution is 2.17. The number of nitrogen functional groups attached to an aromatic ring is 1. The van der Waals surface area contributed by atoms with Crippen LogP contribution in [-0.2, 0) is 4.74 Å². The van der Waals surface area contributed by atoms with E-state index in [-0.39, 0.29) is 12.3 Å². The van der Waals surface area contributed by atoms with Gasteiger partial charge in [-0.05, 0) is 12.3 Å². The van der Waals surface area contributed by atoms with E-state index in [2.05, 4.69) is 0 Å². The second-order valence-corrected chi connectivity index (χ2v) is 3.97. The standard InChI is InChI=1S/C10H11F2NO2S/c1-16-3-2-15-10(14)6-4-8(12)9(13)5-7(6)11/h4-5H,2-3,13H2,1H3. The van der Waals surface area contributed by atoms with Crippen LogP contribution in [0.15, 0.2) is 12.1 Å². The molecule has 2 N–H and O–H groups in total. The SMILES string of the molecule is CSCCOC(=O)c1cc(F)c(N)cc1F. The maximum atomic E-state index is 13.2. The van der Waals surface area contributed by atoms with E-state index in [0.29, 0.717) is 5.75 Å². The van der Waals surface area contributed by atoms with Gasteiger partial charge < -0.3 is 10.5 Å². The number of nitrogens with two attached hydrogens (primary N) is 1. The molecule has 0 aliphatic carbocycles. The molecule has 0 saturated heterocycles. The van der Waals surface area contributed by atoms with Gasteiger partial charge in [0.1, 0.15) is 18.2 Å². The van der Waals surface area contributed by atoms with Gasteiger partial charge in [0.25, 0.3) is 0 Å². The highest BCUT2D eigenvalue weighted by molar-refractivity contribution is 7.98. The van der Waals surface area contributed by atoms with Crippen molar-refractivity contribution in [3.63, 3.8) is 0 Å². The van der Waals surface area contributed by atoms with Gasteiger partial charge in [0.05, 0.1) is 11.3 Å². The molecule has 1 aromatic rings. The maximum absolute atomic E-state index is 13.2. The molecular formula is C10H11F2NO2S. The van der Waals surface area contributed by atoms with E-state index in [4.69, 9.17) is 10.5 Å². The number of esters is 1. The summed E-state index contributed by atoms with van der Waals surface area (Å²) in [6.45, 7) is 0.158. The van der Waals surface area contributed by atoms with Crippen molar-refractivity contribution in [2.75, 3.05) is 24.3 Å². The Balaban J connectivity index is 2.79. The van der Waals surface area contributed by atoms with Crippen LogP contribution in [0.25, 0.3) is 0 Å². The van der Waals surface area contributed by atoms with E-state index in [0.717, 1.165) is 12.1 Å². The lowest BCUT2D eigenvalue weighted by atomic mass is 10.2. The molecule has 0 aliphatic rings. The average molecular weight is 247 g/mol. The van der Waals surface area contributed by atoms with Crippen molar-refractivity contribution in [3.05, 3.63) is 29.3 Å². The third kappa shape index (κ3) is 3.10. The van der Waals surface area contributed by atoms with Gasteiger partial charge in [-0.3, -0.25) is 0 Å². The smallest absolute Gasteiger partial charge is 0.341 e. The summed E-state index contributed by atoms with van der Waals surface area (Å²) in [6.07, 6.45) is 1.84. The fourth-order valence-electron chi connectivity index (χ4n) is 1.01. The minimum atomic E-state index is -0.884. The summed E-state index contributed by atoms with van der Waals surface area (Å²) in [5.41, 5.74) is 4.37. The van der Waals surface area contributed by atoms with Crippen LogP contribution in [0.2, 0.25) is 0 Å². The van der Waals surface area contributed by atoms with Crippen molar-refractivity contribution in [3.8, 4) is 0 Å². The van der Waals surface area contributed by atoms with E-state index in [9.17, 15) is 13.6 Å². The van der Waals surface area contributed by atoms with Gasteiger partial charge in [-0.15, -0.1) is 0 Å². The van der Waals surface area contributed by atoms with Crippen LogP contribution in [-0.4, -0.2) is 24.6 Å². The molecule has 0 atom stereocenters. The summed E-state index contributed by atoms with van der Waals surface area (Å²) in [7, 11) is 0. The van der Waals surface area contributed by atoms with Crippen molar-refractivity contribution in [2.45, 2.75) is 0 Å². The molecule has 0 amide bonds. The number of benzene rings is 1. The molecule has 88 valence electrons. The average Bonchev–Trinajstić information content (AvgIpc) is 2.23. The normalized spacial score (nSPS) is 10.2. The number of hydrogen-bond acceptors (Lipinski definition) is 4. The van der Waals surface area contributed by atoms with E-state index in [1.807, 2.05) is 6.26 Å². The number of anilines is 1. The molecule has 16 heavy (non-hydrogen) atoms. The van der Waals surface area contributed by atoms with E-state index < -0.39 is 23.2 Å². The monoisotopic (exact) mass is 247 g/mol. The highest BCUT2D eigenvalue weighted by atomic mass is 32.2. The zero-order chi connectivity index (χ0) is 12.1. The maximum Gasteiger partial charge on any atom is 0.341 e. The summed E-state index contributed by atoms with van der Waals surface area (Å²) >= 11 is 1.48. The fraction of sp³-hybridized carbons (Fsp3) is 0.300. The molecule has 0 bridgehead atoms. The second kappa shape index (κ2) is 5.69. The van der Waals surface area contributed by atoms with Gasteiger partial charge in [0, 0.05) is 11.8 Å². The number of ether oxygens (including phenoxy) is 1. The first-order valence-electron chi connectivity index (χ1n) is 4.47.